The number of nitrogens with one attached hydrogen (secondary N) is 3. The van der Waals surface area contributed by atoms with E-state index in [0.717, 1.165) is 45.1 Å². The van der Waals surface area contributed by atoms with Crippen molar-refractivity contribution in [3.63, 3.8) is 0 Å². The Kier molecular flexibility index (Phi) is 9.14. The van der Waals surface area contributed by atoms with Gasteiger partial charge in [-0.25, -0.2) is 4.98 Å². The summed E-state index contributed by atoms with van der Waals surface area (Å²) in [7, 11) is 0. The Morgan fingerprint density at radius 3 is 2.48 bits per heavy atom. The normalized spacial score (nSPS) is 29.3. The van der Waals surface area contributed by atoms with Crippen LogP contribution >= 0.6 is 11.8 Å². The number of carbonyl (C=O) groups is 1. The van der Waals surface area contributed by atoms with E-state index in [-0.39, 0.29) is 24.1 Å². The number of aromatic nitrogens is 3. The van der Waals surface area contributed by atoms with E-state index in [1.807, 2.05) is 37.6 Å². The third-order valence-corrected chi connectivity index (χ3v) is 13.3. The number of hydrogen-bond donors (Lipinski definition) is 3. The first-order valence-corrected chi connectivity index (χ1v) is 19.2. The number of H-pyrrole nitrogens is 1. The summed E-state index contributed by atoms with van der Waals surface area (Å²) in [5.74, 6) is 3.55. The minimum Gasteiger partial charge on any atom is -0.348 e. The van der Waals surface area contributed by atoms with E-state index in [4.69, 9.17) is 4.98 Å². The predicted molar refractivity (Wildman–Crippen MR) is 188 cm³/mol. The molecule has 5 saturated carbocycles. The number of aromatic amines is 1. The molecule has 3 heterocycles. The molecule has 1 atom stereocenters. The van der Waals surface area contributed by atoms with Gasteiger partial charge in [-0.1, -0.05) is 0 Å². The van der Waals surface area contributed by atoms with Crippen molar-refractivity contribution in [2.45, 2.75) is 121 Å². The van der Waals surface area contributed by atoms with Gasteiger partial charge in [0.1, 0.15) is 5.65 Å². The van der Waals surface area contributed by atoms with E-state index in [1.165, 1.54) is 95.4 Å². The number of carbonyl (C=O) groups excluding carboxylic acids is 1. The molecule has 0 aromatic carbocycles. The SMILES string of the molecule is CSc1cc(C)[nH]c(=O)c1CNC(=O)c1c(C)n([C@H](C)C2CCC(NCCCC34CC5CC(CC(C5)C3)C4)CC2)c2ncccc12. The topological polar surface area (TPSA) is 91.8 Å². The molecule has 46 heavy (non-hydrogen) atoms. The highest BCUT2D eigenvalue weighted by Crippen LogP contribution is 2.61. The largest absolute Gasteiger partial charge is 0.348 e. The Bertz CT molecular complexity index is 1600. The number of rotatable bonds is 11. The molecule has 1 amide bonds. The maximum absolute atomic E-state index is 13.7. The molecule has 248 valence electrons. The summed E-state index contributed by atoms with van der Waals surface area (Å²) in [5, 5.41) is 7.89. The fourth-order valence-electron chi connectivity index (χ4n) is 10.7. The van der Waals surface area contributed by atoms with E-state index < -0.39 is 0 Å². The molecule has 0 spiro atoms. The maximum Gasteiger partial charge on any atom is 0.254 e. The molecule has 0 aliphatic heterocycles. The maximum atomic E-state index is 13.7. The van der Waals surface area contributed by atoms with Gasteiger partial charge in [-0.05, 0) is 158 Å². The van der Waals surface area contributed by atoms with Crippen LogP contribution in [0.25, 0.3) is 11.0 Å². The third-order valence-electron chi connectivity index (χ3n) is 12.5. The smallest absolute Gasteiger partial charge is 0.254 e. The third kappa shape index (κ3) is 6.21. The van der Waals surface area contributed by atoms with Crippen molar-refractivity contribution in [3.8, 4) is 0 Å². The summed E-state index contributed by atoms with van der Waals surface area (Å²) in [6, 6.07) is 6.74. The van der Waals surface area contributed by atoms with Crippen molar-refractivity contribution in [3.05, 3.63) is 57.3 Å². The fourth-order valence-corrected chi connectivity index (χ4v) is 11.4. The fraction of sp³-hybridized carbons (Fsp3) is 0.658. The molecule has 5 fully saturated rings. The summed E-state index contributed by atoms with van der Waals surface area (Å²) in [6.45, 7) is 7.59. The second kappa shape index (κ2) is 13.1. The zero-order chi connectivity index (χ0) is 32.0. The summed E-state index contributed by atoms with van der Waals surface area (Å²) < 4.78 is 2.31. The summed E-state index contributed by atoms with van der Waals surface area (Å²) >= 11 is 1.53. The van der Waals surface area contributed by atoms with Gasteiger partial charge >= 0.3 is 0 Å². The molecule has 8 rings (SSSR count). The second-order valence-corrected chi connectivity index (χ2v) is 16.4. The molecule has 4 bridgehead atoms. The lowest BCUT2D eigenvalue weighted by atomic mass is 9.48. The highest BCUT2D eigenvalue weighted by Gasteiger charge is 2.50. The molecule has 7 nitrogen and oxygen atoms in total. The lowest BCUT2D eigenvalue weighted by molar-refractivity contribution is -0.0580. The molecule has 3 N–H and O–H groups in total. The van der Waals surface area contributed by atoms with Crippen LogP contribution in [0.2, 0.25) is 0 Å². The Morgan fingerprint density at radius 1 is 1.11 bits per heavy atom. The van der Waals surface area contributed by atoms with Crippen LogP contribution in [-0.2, 0) is 6.54 Å². The van der Waals surface area contributed by atoms with E-state index in [1.54, 1.807) is 0 Å². The van der Waals surface area contributed by atoms with Gasteiger partial charge in [0.15, 0.2) is 0 Å². The molecule has 3 aromatic heterocycles. The van der Waals surface area contributed by atoms with Gasteiger partial charge in [0, 0.05) is 52.1 Å². The summed E-state index contributed by atoms with van der Waals surface area (Å²) in [5.41, 5.74) is 4.45. The number of hydrogen-bond acceptors (Lipinski definition) is 5. The van der Waals surface area contributed by atoms with Crippen molar-refractivity contribution in [2.24, 2.45) is 29.1 Å². The molecule has 5 aliphatic carbocycles. The number of nitrogens with zero attached hydrogens (tertiary/aromatic N) is 2. The van der Waals surface area contributed by atoms with Crippen molar-refractivity contribution in [1.29, 1.82) is 0 Å². The minimum absolute atomic E-state index is 0.146. The van der Waals surface area contributed by atoms with E-state index in [9.17, 15) is 9.59 Å². The van der Waals surface area contributed by atoms with Crippen LogP contribution in [0.4, 0.5) is 0 Å². The number of amides is 1. The van der Waals surface area contributed by atoms with E-state index >= 15 is 0 Å². The van der Waals surface area contributed by atoms with Crippen LogP contribution in [0.5, 0.6) is 0 Å². The first kappa shape index (κ1) is 32.0. The van der Waals surface area contributed by atoms with Gasteiger partial charge in [0.25, 0.3) is 11.5 Å². The van der Waals surface area contributed by atoms with Gasteiger partial charge in [-0.3, -0.25) is 9.59 Å². The molecule has 3 aromatic rings. The van der Waals surface area contributed by atoms with Gasteiger partial charge in [-0.15, -0.1) is 11.8 Å². The Morgan fingerprint density at radius 2 is 1.80 bits per heavy atom. The molecule has 0 unspecified atom stereocenters. The average molecular weight is 644 g/mol. The van der Waals surface area contributed by atoms with Crippen molar-refractivity contribution >= 4 is 28.7 Å². The zero-order valence-corrected chi connectivity index (χ0v) is 29.1. The number of thioether (sulfide) groups is 1. The first-order valence-electron chi connectivity index (χ1n) is 18.0. The van der Waals surface area contributed by atoms with Gasteiger partial charge in [-0.2, -0.15) is 0 Å². The zero-order valence-electron chi connectivity index (χ0n) is 28.3. The average Bonchev–Trinajstić information content (AvgIpc) is 3.33. The molecule has 8 heteroatoms. The monoisotopic (exact) mass is 643 g/mol. The van der Waals surface area contributed by atoms with Crippen LogP contribution in [0, 0.1) is 42.9 Å². The second-order valence-electron chi connectivity index (χ2n) is 15.5. The van der Waals surface area contributed by atoms with Gasteiger partial charge < -0.3 is 20.2 Å². The standard InChI is InChI=1S/C38H53N5O2S/c1-23-15-33(46-4)32(36(44)42-23)22-41-37(45)34-25(3)43(35-31(34)7-5-13-40-35)24(2)29-8-10-30(11-9-29)39-14-6-12-38-19-26-16-27(20-38)18-28(17-26)21-38/h5,7,13,15,24,26-30,39H,6,8-12,14,16-22H2,1-4H3,(H,41,45)(H,42,44)/t24-,26?,27?,28?,29?,30?,38?/m1/s1. The molecule has 0 saturated heterocycles. The molecular formula is C38H53N5O2S. The first-order chi connectivity index (χ1) is 22.2. The number of aryl methyl sites for hydroxylation is 1. The van der Waals surface area contributed by atoms with E-state index in [2.05, 4.69) is 34.0 Å². The van der Waals surface area contributed by atoms with E-state index in [0.29, 0.717) is 28.5 Å². The predicted octanol–water partition coefficient (Wildman–Crippen LogP) is 7.70. The lowest BCUT2D eigenvalue weighted by Gasteiger charge is -2.57. The van der Waals surface area contributed by atoms with Crippen LogP contribution in [0.3, 0.4) is 0 Å². The summed E-state index contributed by atoms with van der Waals surface area (Å²) in [6.07, 6.45) is 20.6. The Balaban J connectivity index is 0.962. The Hall–Kier alpha value is -2.58. The van der Waals surface area contributed by atoms with Crippen molar-refractivity contribution in [1.82, 2.24) is 25.2 Å². The minimum atomic E-state index is -0.157. The van der Waals surface area contributed by atoms with Crippen LogP contribution in [0.15, 0.2) is 34.1 Å². The number of pyridine rings is 2. The van der Waals surface area contributed by atoms with Crippen LogP contribution in [0.1, 0.15) is 117 Å². The van der Waals surface area contributed by atoms with Crippen molar-refractivity contribution in [2.75, 3.05) is 12.8 Å². The van der Waals surface area contributed by atoms with Crippen molar-refractivity contribution < 1.29 is 4.79 Å². The highest BCUT2D eigenvalue weighted by molar-refractivity contribution is 7.98. The Labute approximate surface area is 278 Å². The lowest BCUT2D eigenvalue weighted by Crippen LogP contribution is -2.46. The highest BCUT2D eigenvalue weighted by atomic mass is 32.2. The molecular weight excluding hydrogens is 591 g/mol. The summed E-state index contributed by atoms with van der Waals surface area (Å²) in [4.78, 5) is 34.9. The van der Waals surface area contributed by atoms with Crippen LogP contribution in [-0.4, -0.2) is 39.3 Å². The quantitative estimate of drug-likeness (QED) is 0.147. The van der Waals surface area contributed by atoms with Crippen LogP contribution < -0.4 is 16.2 Å². The van der Waals surface area contributed by atoms with Gasteiger partial charge in [0.2, 0.25) is 0 Å². The van der Waals surface area contributed by atoms with Gasteiger partial charge in [0.05, 0.1) is 5.56 Å². The molecule has 5 aliphatic rings. The molecule has 0 radical (unpaired) electrons. The number of fused-ring (bicyclic) bond motifs is 1.